The van der Waals surface area contributed by atoms with Gasteiger partial charge in [0.1, 0.15) is 5.82 Å². The molecule has 3 aromatic carbocycles. The molecule has 0 spiro atoms. The van der Waals surface area contributed by atoms with Gasteiger partial charge in [-0.1, -0.05) is 35.5 Å². The summed E-state index contributed by atoms with van der Waals surface area (Å²) in [5, 5.41) is 6.89. The third-order valence-electron chi connectivity index (χ3n) is 6.23. The molecule has 0 amide bonds. The maximum atomic E-state index is 13.5. The molecular weight excluding hydrogens is 521 g/mol. The molecule has 0 saturated heterocycles. The summed E-state index contributed by atoms with van der Waals surface area (Å²) in [5.41, 5.74) is 3.81. The summed E-state index contributed by atoms with van der Waals surface area (Å²) < 4.78 is 47.9. The minimum Gasteiger partial charge on any atom is -0.337 e. The van der Waals surface area contributed by atoms with Crippen LogP contribution in [0.5, 0.6) is 0 Å². The molecule has 5 rings (SSSR count). The molecule has 5 aromatic rings. The van der Waals surface area contributed by atoms with Crippen molar-refractivity contribution in [1.82, 2.24) is 14.9 Å². The molecule has 0 unspecified atom stereocenters. The molecule has 11 heteroatoms. The van der Waals surface area contributed by atoms with E-state index in [0.29, 0.717) is 39.6 Å². The van der Waals surface area contributed by atoms with Crippen LogP contribution in [0.4, 0.5) is 16.0 Å². The number of benzene rings is 3. The highest BCUT2D eigenvalue weighted by Crippen LogP contribution is 2.25. The molecule has 198 valence electrons. The van der Waals surface area contributed by atoms with E-state index in [-0.39, 0.29) is 16.3 Å². The SMILES string of the molecule is CC(=Nc1ccc(S(=O)(=O)Nc2onc(C)c2C)cc1)c1c(-c2ccccc2)[nH]n(-c2ccc(F)cc2)c1=O. The summed E-state index contributed by atoms with van der Waals surface area (Å²) >= 11 is 0. The smallest absolute Gasteiger partial charge is 0.280 e. The van der Waals surface area contributed by atoms with Crippen molar-refractivity contribution < 1.29 is 17.3 Å². The molecule has 0 aliphatic rings. The van der Waals surface area contributed by atoms with Gasteiger partial charge in [0.15, 0.2) is 0 Å². The molecule has 0 radical (unpaired) electrons. The van der Waals surface area contributed by atoms with Gasteiger partial charge in [0.25, 0.3) is 15.6 Å². The van der Waals surface area contributed by atoms with Gasteiger partial charge in [0.2, 0.25) is 5.88 Å². The first-order valence-electron chi connectivity index (χ1n) is 11.9. The van der Waals surface area contributed by atoms with Crippen LogP contribution in [-0.2, 0) is 10.0 Å². The van der Waals surface area contributed by atoms with Crippen molar-refractivity contribution in [2.75, 3.05) is 4.72 Å². The summed E-state index contributed by atoms with van der Waals surface area (Å²) in [5.74, 6) is -0.352. The Morgan fingerprint density at radius 3 is 2.28 bits per heavy atom. The average molecular weight is 546 g/mol. The quantitative estimate of drug-likeness (QED) is 0.261. The van der Waals surface area contributed by atoms with Gasteiger partial charge in [-0.15, -0.1) is 0 Å². The van der Waals surface area contributed by atoms with Gasteiger partial charge in [0.05, 0.1) is 38.9 Å². The first-order chi connectivity index (χ1) is 18.6. The van der Waals surface area contributed by atoms with Crippen LogP contribution in [-0.4, -0.2) is 29.1 Å². The fourth-order valence-corrected chi connectivity index (χ4v) is 5.05. The van der Waals surface area contributed by atoms with E-state index in [1.807, 2.05) is 30.3 Å². The van der Waals surface area contributed by atoms with E-state index in [2.05, 4.69) is 20.0 Å². The Morgan fingerprint density at radius 2 is 1.67 bits per heavy atom. The Bertz CT molecular complexity index is 1840. The fraction of sp³-hybridized carbons (Fsp3) is 0.107. The van der Waals surface area contributed by atoms with Crippen molar-refractivity contribution >= 4 is 27.3 Å². The number of sulfonamides is 1. The summed E-state index contributed by atoms with van der Waals surface area (Å²) in [6.07, 6.45) is 0. The number of H-pyrrole nitrogens is 1. The first-order valence-corrected chi connectivity index (χ1v) is 13.4. The first kappa shape index (κ1) is 25.9. The number of rotatable bonds is 7. The second-order valence-electron chi connectivity index (χ2n) is 8.86. The van der Waals surface area contributed by atoms with Crippen molar-refractivity contribution in [2.45, 2.75) is 25.7 Å². The predicted molar refractivity (Wildman–Crippen MR) is 147 cm³/mol. The fourth-order valence-electron chi connectivity index (χ4n) is 4.00. The predicted octanol–water partition coefficient (Wildman–Crippen LogP) is 5.52. The number of aromatic amines is 1. The number of hydrogen-bond acceptors (Lipinski definition) is 6. The lowest BCUT2D eigenvalue weighted by Crippen LogP contribution is -2.19. The zero-order chi connectivity index (χ0) is 27.7. The van der Waals surface area contributed by atoms with Gasteiger partial charge in [-0.25, -0.2) is 22.2 Å². The number of aromatic nitrogens is 3. The van der Waals surface area contributed by atoms with Gasteiger partial charge in [-0.2, -0.15) is 0 Å². The van der Waals surface area contributed by atoms with Crippen molar-refractivity contribution in [3.05, 3.63) is 112 Å². The van der Waals surface area contributed by atoms with Crippen molar-refractivity contribution in [1.29, 1.82) is 0 Å². The van der Waals surface area contributed by atoms with Crippen LogP contribution in [0.25, 0.3) is 16.9 Å². The number of nitrogens with one attached hydrogen (secondary N) is 2. The van der Waals surface area contributed by atoms with Crippen LogP contribution in [0.2, 0.25) is 0 Å². The third-order valence-corrected chi connectivity index (χ3v) is 7.57. The van der Waals surface area contributed by atoms with Gasteiger partial charge in [-0.3, -0.25) is 14.9 Å². The van der Waals surface area contributed by atoms with E-state index in [1.54, 1.807) is 32.9 Å². The van der Waals surface area contributed by atoms with Gasteiger partial charge in [0, 0.05) is 11.1 Å². The number of hydrogen-bond donors (Lipinski definition) is 2. The minimum atomic E-state index is -3.92. The molecule has 0 aliphatic carbocycles. The highest BCUT2D eigenvalue weighted by atomic mass is 32.2. The lowest BCUT2D eigenvalue weighted by molar-refractivity contribution is 0.430. The van der Waals surface area contributed by atoms with Crippen molar-refractivity contribution in [3.8, 4) is 16.9 Å². The molecule has 2 heterocycles. The Hall–Kier alpha value is -4.77. The molecule has 0 fully saturated rings. The maximum Gasteiger partial charge on any atom is 0.280 e. The molecular formula is C28H24FN5O4S. The summed E-state index contributed by atoms with van der Waals surface area (Å²) in [7, 11) is -3.92. The standard InChI is InChI=1S/C28H24FN5O4S/c1-17-18(2)32-38-27(17)33-39(36,37)24-15-11-22(12-16-24)30-19(3)25-26(20-7-5-4-6-8-20)31-34(28(25)35)23-13-9-21(29)10-14-23/h4-16,31,33H,1-3H3. The van der Waals surface area contributed by atoms with Crippen LogP contribution in [0, 0.1) is 19.7 Å². The van der Waals surface area contributed by atoms with E-state index < -0.39 is 15.8 Å². The van der Waals surface area contributed by atoms with Crippen LogP contribution < -0.4 is 10.3 Å². The van der Waals surface area contributed by atoms with E-state index in [4.69, 9.17) is 4.52 Å². The zero-order valence-corrected chi connectivity index (χ0v) is 22.1. The summed E-state index contributed by atoms with van der Waals surface area (Å²) in [6, 6.07) is 20.8. The Balaban J connectivity index is 1.51. The molecule has 2 N–H and O–H groups in total. The molecule has 2 aromatic heterocycles. The third kappa shape index (κ3) is 5.16. The van der Waals surface area contributed by atoms with E-state index in [1.165, 1.54) is 41.1 Å². The van der Waals surface area contributed by atoms with Crippen LogP contribution in [0.15, 0.2) is 98.1 Å². The number of anilines is 1. The molecule has 9 nitrogen and oxygen atoms in total. The lowest BCUT2D eigenvalue weighted by Gasteiger charge is -2.06. The minimum absolute atomic E-state index is 0.0119. The lowest BCUT2D eigenvalue weighted by atomic mass is 10.1. The Morgan fingerprint density at radius 1 is 1.00 bits per heavy atom. The Kier molecular flexibility index (Phi) is 6.75. The monoisotopic (exact) mass is 545 g/mol. The van der Waals surface area contributed by atoms with Gasteiger partial charge >= 0.3 is 0 Å². The van der Waals surface area contributed by atoms with Crippen molar-refractivity contribution in [2.24, 2.45) is 4.99 Å². The highest BCUT2D eigenvalue weighted by Gasteiger charge is 2.21. The Labute approximate surface area is 223 Å². The summed E-state index contributed by atoms with van der Waals surface area (Å²) in [4.78, 5) is 18.1. The maximum absolute atomic E-state index is 13.5. The molecule has 0 aliphatic heterocycles. The molecule has 0 bridgehead atoms. The molecule has 0 saturated carbocycles. The van der Waals surface area contributed by atoms with E-state index >= 15 is 0 Å². The van der Waals surface area contributed by atoms with E-state index in [9.17, 15) is 17.6 Å². The number of aliphatic imine (C=N–C) groups is 1. The largest absolute Gasteiger partial charge is 0.337 e. The van der Waals surface area contributed by atoms with Crippen molar-refractivity contribution in [3.63, 3.8) is 0 Å². The molecule has 39 heavy (non-hydrogen) atoms. The molecule has 0 atom stereocenters. The van der Waals surface area contributed by atoms with Crippen LogP contribution >= 0.6 is 0 Å². The van der Waals surface area contributed by atoms with E-state index in [0.717, 1.165) is 5.56 Å². The second-order valence-corrected chi connectivity index (χ2v) is 10.5. The van der Waals surface area contributed by atoms with Crippen LogP contribution in [0.3, 0.4) is 0 Å². The number of nitrogens with zero attached hydrogens (tertiary/aromatic N) is 3. The zero-order valence-electron chi connectivity index (χ0n) is 21.3. The summed E-state index contributed by atoms with van der Waals surface area (Å²) in [6.45, 7) is 5.13. The van der Waals surface area contributed by atoms with Crippen LogP contribution in [0.1, 0.15) is 23.7 Å². The topological polar surface area (TPSA) is 122 Å². The number of aryl methyl sites for hydroxylation is 1. The van der Waals surface area contributed by atoms with Gasteiger partial charge in [-0.05, 0) is 69.3 Å². The average Bonchev–Trinajstić information content (AvgIpc) is 3.43. The number of halogens is 1. The highest BCUT2D eigenvalue weighted by molar-refractivity contribution is 7.92. The van der Waals surface area contributed by atoms with Gasteiger partial charge < -0.3 is 4.52 Å². The normalized spacial score (nSPS) is 12.1. The second kappa shape index (κ2) is 10.2.